The normalized spacial score (nSPS) is 10.4. The van der Waals surface area contributed by atoms with E-state index in [4.69, 9.17) is 0 Å². The molecule has 0 aliphatic carbocycles. The van der Waals surface area contributed by atoms with Crippen molar-refractivity contribution in [1.29, 1.82) is 0 Å². The van der Waals surface area contributed by atoms with E-state index in [2.05, 4.69) is 45.9 Å². The SMILES string of the molecule is CCCCc1nc(NCC)nc(N(CC)CC)n1. The third-order valence-electron chi connectivity index (χ3n) is 2.81. The molecule has 0 atom stereocenters. The molecule has 102 valence electrons. The van der Waals surface area contributed by atoms with Crippen LogP contribution in [-0.2, 0) is 6.42 Å². The van der Waals surface area contributed by atoms with Crippen molar-refractivity contribution in [2.45, 2.75) is 47.0 Å². The third-order valence-corrected chi connectivity index (χ3v) is 2.81. The molecule has 0 saturated carbocycles. The van der Waals surface area contributed by atoms with Crippen molar-refractivity contribution in [3.8, 4) is 0 Å². The molecule has 0 saturated heterocycles. The predicted octanol–water partition coefficient (Wildman–Crippen LogP) is 2.49. The number of unbranched alkanes of at least 4 members (excludes halogenated alkanes) is 1. The lowest BCUT2D eigenvalue weighted by Crippen LogP contribution is -2.25. The second-order valence-electron chi connectivity index (χ2n) is 4.18. The maximum atomic E-state index is 4.56. The molecular weight excluding hydrogens is 226 g/mol. The molecule has 0 spiro atoms. The van der Waals surface area contributed by atoms with Crippen LogP contribution >= 0.6 is 0 Å². The number of nitrogens with one attached hydrogen (secondary N) is 1. The Morgan fingerprint density at radius 2 is 1.72 bits per heavy atom. The van der Waals surface area contributed by atoms with Crippen LogP contribution in [0.2, 0.25) is 0 Å². The zero-order valence-corrected chi connectivity index (χ0v) is 12.0. The lowest BCUT2D eigenvalue weighted by atomic mass is 10.2. The van der Waals surface area contributed by atoms with Crippen LogP contribution in [0, 0.1) is 0 Å². The number of aryl methyl sites for hydroxylation is 1. The van der Waals surface area contributed by atoms with E-state index in [1.807, 2.05) is 6.92 Å². The van der Waals surface area contributed by atoms with Crippen molar-refractivity contribution in [2.75, 3.05) is 29.9 Å². The molecule has 0 unspecified atom stereocenters. The molecule has 1 aromatic rings. The second kappa shape index (κ2) is 7.84. The van der Waals surface area contributed by atoms with Gasteiger partial charge in [-0.15, -0.1) is 0 Å². The molecule has 5 heteroatoms. The Morgan fingerprint density at radius 1 is 1.00 bits per heavy atom. The molecule has 0 aliphatic rings. The highest BCUT2D eigenvalue weighted by Crippen LogP contribution is 2.12. The average molecular weight is 251 g/mol. The number of hydrogen-bond acceptors (Lipinski definition) is 5. The van der Waals surface area contributed by atoms with Crippen LogP contribution < -0.4 is 10.2 Å². The number of hydrogen-bond donors (Lipinski definition) is 1. The molecule has 1 aromatic heterocycles. The number of nitrogens with zero attached hydrogens (tertiary/aromatic N) is 4. The maximum absolute atomic E-state index is 4.56. The summed E-state index contributed by atoms with van der Waals surface area (Å²) in [6, 6.07) is 0. The summed E-state index contributed by atoms with van der Waals surface area (Å²) < 4.78 is 0. The minimum Gasteiger partial charge on any atom is -0.354 e. The predicted molar refractivity (Wildman–Crippen MR) is 76.2 cm³/mol. The molecule has 1 heterocycles. The Morgan fingerprint density at radius 3 is 2.28 bits per heavy atom. The summed E-state index contributed by atoms with van der Waals surface area (Å²) in [5, 5.41) is 3.18. The molecule has 0 amide bonds. The Bertz CT molecular complexity index is 349. The van der Waals surface area contributed by atoms with Gasteiger partial charge in [0.1, 0.15) is 5.82 Å². The van der Waals surface area contributed by atoms with E-state index >= 15 is 0 Å². The molecule has 0 aromatic carbocycles. The van der Waals surface area contributed by atoms with E-state index in [0.29, 0.717) is 5.95 Å². The van der Waals surface area contributed by atoms with Crippen LogP contribution in [0.15, 0.2) is 0 Å². The summed E-state index contributed by atoms with van der Waals surface area (Å²) in [5.74, 6) is 2.38. The van der Waals surface area contributed by atoms with E-state index in [1.54, 1.807) is 0 Å². The van der Waals surface area contributed by atoms with E-state index in [1.165, 1.54) is 0 Å². The zero-order chi connectivity index (χ0) is 13.4. The van der Waals surface area contributed by atoms with Gasteiger partial charge in [-0.1, -0.05) is 13.3 Å². The van der Waals surface area contributed by atoms with E-state index < -0.39 is 0 Å². The van der Waals surface area contributed by atoms with Gasteiger partial charge in [-0.3, -0.25) is 0 Å². The lowest BCUT2D eigenvalue weighted by Gasteiger charge is -2.19. The van der Waals surface area contributed by atoms with Gasteiger partial charge >= 0.3 is 0 Å². The summed E-state index contributed by atoms with van der Waals surface area (Å²) in [6.07, 6.45) is 3.20. The first-order valence-corrected chi connectivity index (χ1v) is 6.98. The summed E-state index contributed by atoms with van der Waals surface area (Å²) in [5.41, 5.74) is 0. The van der Waals surface area contributed by atoms with Crippen molar-refractivity contribution in [3.05, 3.63) is 5.82 Å². The van der Waals surface area contributed by atoms with Gasteiger partial charge < -0.3 is 10.2 Å². The smallest absolute Gasteiger partial charge is 0.230 e. The van der Waals surface area contributed by atoms with E-state index in [-0.39, 0.29) is 0 Å². The monoisotopic (exact) mass is 251 g/mol. The molecule has 0 radical (unpaired) electrons. The minimum absolute atomic E-state index is 0.695. The zero-order valence-electron chi connectivity index (χ0n) is 12.0. The second-order valence-corrected chi connectivity index (χ2v) is 4.18. The fourth-order valence-electron chi connectivity index (χ4n) is 1.74. The Hall–Kier alpha value is -1.39. The lowest BCUT2D eigenvalue weighted by molar-refractivity contribution is 0.730. The Kier molecular flexibility index (Phi) is 6.39. The van der Waals surface area contributed by atoms with E-state index in [9.17, 15) is 0 Å². The summed E-state index contributed by atoms with van der Waals surface area (Å²) in [4.78, 5) is 15.6. The largest absolute Gasteiger partial charge is 0.354 e. The van der Waals surface area contributed by atoms with Gasteiger partial charge in [0.15, 0.2) is 0 Å². The minimum atomic E-state index is 0.695. The van der Waals surface area contributed by atoms with Crippen molar-refractivity contribution in [1.82, 2.24) is 15.0 Å². The molecule has 0 aliphatic heterocycles. The molecular formula is C13H25N5. The van der Waals surface area contributed by atoms with Crippen LogP contribution in [0.1, 0.15) is 46.4 Å². The summed E-state index contributed by atoms with van der Waals surface area (Å²) in [6.45, 7) is 11.1. The van der Waals surface area contributed by atoms with Gasteiger partial charge in [-0.2, -0.15) is 15.0 Å². The Balaban J connectivity index is 2.96. The molecule has 1 rings (SSSR count). The Labute approximate surface area is 110 Å². The topological polar surface area (TPSA) is 53.9 Å². The van der Waals surface area contributed by atoms with Crippen LogP contribution in [0.4, 0.5) is 11.9 Å². The fraction of sp³-hybridized carbons (Fsp3) is 0.769. The number of aromatic nitrogens is 3. The number of rotatable bonds is 8. The van der Waals surface area contributed by atoms with Gasteiger partial charge in [0.05, 0.1) is 0 Å². The van der Waals surface area contributed by atoms with Crippen LogP contribution in [0.3, 0.4) is 0 Å². The number of anilines is 2. The van der Waals surface area contributed by atoms with Crippen molar-refractivity contribution < 1.29 is 0 Å². The standard InChI is InChI=1S/C13H25N5/c1-5-9-10-11-15-12(14-6-2)17-13(16-11)18(7-3)8-4/h5-10H2,1-4H3,(H,14,15,16,17). The highest BCUT2D eigenvalue weighted by Gasteiger charge is 2.10. The first-order valence-electron chi connectivity index (χ1n) is 6.98. The molecule has 5 nitrogen and oxygen atoms in total. The van der Waals surface area contributed by atoms with Crippen molar-refractivity contribution in [3.63, 3.8) is 0 Å². The third kappa shape index (κ3) is 4.13. The molecule has 0 bridgehead atoms. The van der Waals surface area contributed by atoms with Crippen LogP contribution in [0.25, 0.3) is 0 Å². The van der Waals surface area contributed by atoms with Gasteiger partial charge in [-0.25, -0.2) is 0 Å². The molecule has 18 heavy (non-hydrogen) atoms. The van der Waals surface area contributed by atoms with Gasteiger partial charge in [0.2, 0.25) is 11.9 Å². The van der Waals surface area contributed by atoms with Crippen LogP contribution in [0.5, 0.6) is 0 Å². The highest BCUT2D eigenvalue weighted by molar-refractivity contribution is 5.36. The first-order chi connectivity index (χ1) is 8.74. The van der Waals surface area contributed by atoms with Crippen LogP contribution in [-0.4, -0.2) is 34.6 Å². The maximum Gasteiger partial charge on any atom is 0.230 e. The van der Waals surface area contributed by atoms with Crippen molar-refractivity contribution in [2.24, 2.45) is 0 Å². The first kappa shape index (κ1) is 14.7. The molecule has 1 N–H and O–H groups in total. The van der Waals surface area contributed by atoms with Gasteiger partial charge in [0, 0.05) is 26.1 Å². The highest BCUT2D eigenvalue weighted by atomic mass is 15.3. The van der Waals surface area contributed by atoms with Gasteiger partial charge in [0.25, 0.3) is 0 Å². The molecule has 0 fully saturated rings. The van der Waals surface area contributed by atoms with Crippen molar-refractivity contribution >= 4 is 11.9 Å². The summed E-state index contributed by atoms with van der Waals surface area (Å²) >= 11 is 0. The van der Waals surface area contributed by atoms with E-state index in [0.717, 1.165) is 50.7 Å². The van der Waals surface area contributed by atoms with Gasteiger partial charge in [-0.05, 0) is 27.2 Å². The fourth-order valence-corrected chi connectivity index (χ4v) is 1.74. The summed E-state index contributed by atoms with van der Waals surface area (Å²) in [7, 11) is 0. The average Bonchev–Trinajstić information content (AvgIpc) is 2.38. The quantitative estimate of drug-likeness (QED) is 0.769.